The summed E-state index contributed by atoms with van der Waals surface area (Å²) in [5, 5.41) is 0. The third-order valence-electron chi connectivity index (χ3n) is 5.00. The van der Waals surface area contributed by atoms with E-state index in [0.717, 1.165) is 31.8 Å². The summed E-state index contributed by atoms with van der Waals surface area (Å²) in [6.45, 7) is 8.60. The third-order valence-corrected chi connectivity index (χ3v) is 5.00. The molecule has 0 saturated heterocycles. The first-order chi connectivity index (χ1) is 10.0. The minimum Gasteiger partial charge on any atom is -0.303 e. The predicted octanol–water partition coefficient (Wildman–Crippen LogP) is 4.29. The molecule has 21 heavy (non-hydrogen) atoms. The van der Waals surface area contributed by atoms with Gasteiger partial charge in [-0.05, 0) is 51.0 Å². The van der Waals surface area contributed by atoms with Crippen molar-refractivity contribution in [2.45, 2.75) is 59.0 Å². The summed E-state index contributed by atoms with van der Waals surface area (Å²) in [4.78, 5) is 14.2. The van der Waals surface area contributed by atoms with Crippen molar-refractivity contribution in [1.82, 2.24) is 4.90 Å². The third kappa shape index (κ3) is 4.41. The number of nitrogens with zero attached hydrogens (tertiary/aromatic N) is 1. The van der Waals surface area contributed by atoms with Gasteiger partial charge in [-0.1, -0.05) is 37.3 Å². The SMILES string of the molecule is CC1CCC(C=O)(CN(Cc2ccccc2)C(C)C)CC1. The zero-order valence-corrected chi connectivity index (χ0v) is 13.7. The Kier molecular flexibility index (Phi) is 5.58. The van der Waals surface area contributed by atoms with Crippen LogP contribution in [0.25, 0.3) is 0 Å². The lowest BCUT2D eigenvalue weighted by atomic mass is 9.71. The van der Waals surface area contributed by atoms with E-state index in [1.807, 2.05) is 0 Å². The maximum atomic E-state index is 11.8. The van der Waals surface area contributed by atoms with Crippen molar-refractivity contribution < 1.29 is 4.79 Å². The van der Waals surface area contributed by atoms with Crippen LogP contribution >= 0.6 is 0 Å². The van der Waals surface area contributed by atoms with Crippen molar-refractivity contribution in [3.8, 4) is 0 Å². The van der Waals surface area contributed by atoms with Gasteiger partial charge in [0, 0.05) is 24.5 Å². The molecule has 0 atom stereocenters. The van der Waals surface area contributed by atoms with E-state index >= 15 is 0 Å². The van der Waals surface area contributed by atoms with Crippen molar-refractivity contribution in [1.29, 1.82) is 0 Å². The molecule has 0 N–H and O–H groups in total. The molecule has 1 saturated carbocycles. The number of carbonyl (C=O) groups excluding carboxylic acids is 1. The maximum absolute atomic E-state index is 11.8. The van der Waals surface area contributed by atoms with Gasteiger partial charge < -0.3 is 4.79 Å². The molecule has 1 aliphatic rings. The number of rotatable bonds is 6. The van der Waals surface area contributed by atoms with E-state index in [0.29, 0.717) is 6.04 Å². The molecule has 0 amide bonds. The van der Waals surface area contributed by atoms with Gasteiger partial charge in [-0.25, -0.2) is 0 Å². The lowest BCUT2D eigenvalue weighted by Crippen LogP contribution is -2.43. The smallest absolute Gasteiger partial charge is 0.127 e. The summed E-state index contributed by atoms with van der Waals surface area (Å²) in [6.07, 6.45) is 5.73. The molecule has 0 unspecified atom stereocenters. The average Bonchev–Trinajstić information content (AvgIpc) is 2.50. The zero-order valence-electron chi connectivity index (χ0n) is 13.7. The number of hydrogen-bond acceptors (Lipinski definition) is 2. The quantitative estimate of drug-likeness (QED) is 0.727. The van der Waals surface area contributed by atoms with E-state index < -0.39 is 0 Å². The lowest BCUT2D eigenvalue weighted by Gasteiger charge is -2.40. The van der Waals surface area contributed by atoms with Gasteiger partial charge in [-0.15, -0.1) is 0 Å². The molecule has 116 valence electrons. The summed E-state index contributed by atoms with van der Waals surface area (Å²) >= 11 is 0. The Morgan fingerprint density at radius 2 is 1.86 bits per heavy atom. The number of hydrogen-bond donors (Lipinski definition) is 0. The molecule has 1 aliphatic carbocycles. The Bertz CT molecular complexity index is 432. The van der Waals surface area contributed by atoms with Crippen LogP contribution in [0, 0.1) is 11.3 Å². The Hall–Kier alpha value is -1.15. The van der Waals surface area contributed by atoms with Crippen LogP contribution in [-0.2, 0) is 11.3 Å². The predicted molar refractivity (Wildman–Crippen MR) is 88.1 cm³/mol. The van der Waals surface area contributed by atoms with E-state index in [2.05, 4.69) is 56.0 Å². The van der Waals surface area contributed by atoms with Gasteiger partial charge in [0.15, 0.2) is 0 Å². The first-order valence-corrected chi connectivity index (χ1v) is 8.29. The molecule has 0 bridgehead atoms. The molecular weight excluding hydrogens is 258 g/mol. The van der Waals surface area contributed by atoms with E-state index in [1.54, 1.807) is 0 Å². The summed E-state index contributed by atoms with van der Waals surface area (Å²) in [5.41, 5.74) is 1.21. The second-order valence-electron chi connectivity index (χ2n) is 7.15. The molecule has 0 spiro atoms. The first kappa shape index (κ1) is 16.2. The second-order valence-corrected chi connectivity index (χ2v) is 7.15. The Morgan fingerprint density at radius 1 is 1.24 bits per heavy atom. The van der Waals surface area contributed by atoms with Crippen LogP contribution in [0.4, 0.5) is 0 Å². The lowest BCUT2D eigenvalue weighted by molar-refractivity contribution is -0.120. The zero-order chi connectivity index (χ0) is 15.3. The molecule has 0 aromatic heterocycles. The van der Waals surface area contributed by atoms with Gasteiger partial charge in [0.1, 0.15) is 6.29 Å². The van der Waals surface area contributed by atoms with E-state index in [-0.39, 0.29) is 5.41 Å². The summed E-state index contributed by atoms with van der Waals surface area (Å²) < 4.78 is 0. The highest BCUT2D eigenvalue weighted by atomic mass is 16.1. The average molecular weight is 287 g/mol. The molecule has 2 heteroatoms. The molecule has 2 rings (SSSR count). The standard InChI is InChI=1S/C19H29NO/c1-16(2)20(13-18-7-5-4-6-8-18)14-19(15-21)11-9-17(3)10-12-19/h4-8,15-17H,9-14H2,1-3H3. The van der Waals surface area contributed by atoms with Crippen molar-refractivity contribution in [3.05, 3.63) is 35.9 Å². The first-order valence-electron chi connectivity index (χ1n) is 8.29. The fourth-order valence-electron chi connectivity index (χ4n) is 3.29. The van der Waals surface area contributed by atoms with Crippen LogP contribution in [0.1, 0.15) is 52.0 Å². The minimum absolute atomic E-state index is 0.119. The van der Waals surface area contributed by atoms with Crippen LogP contribution in [-0.4, -0.2) is 23.8 Å². The molecular formula is C19H29NO. The number of carbonyl (C=O) groups is 1. The van der Waals surface area contributed by atoms with Gasteiger partial charge in [0.2, 0.25) is 0 Å². The molecule has 0 radical (unpaired) electrons. The molecule has 1 aromatic rings. The van der Waals surface area contributed by atoms with Crippen molar-refractivity contribution in [2.24, 2.45) is 11.3 Å². The van der Waals surface area contributed by atoms with E-state index in [1.165, 1.54) is 24.7 Å². The summed E-state index contributed by atoms with van der Waals surface area (Å²) in [5.74, 6) is 0.777. The monoisotopic (exact) mass is 287 g/mol. The van der Waals surface area contributed by atoms with Crippen LogP contribution in [0.3, 0.4) is 0 Å². The van der Waals surface area contributed by atoms with Crippen LogP contribution in [0.2, 0.25) is 0 Å². The van der Waals surface area contributed by atoms with E-state index in [9.17, 15) is 4.79 Å². The van der Waals surface area contributed by atoms with Crippen molar-refractivity contribution in [3.63, 3.8) is 0 Å². The Morgan fingerprint density at radius 3 is 2.38 bits per heavy atom. The molecule has 2 nitrogen and oxygen atoms in total. The number of benzene rings is 1. The van der Waals surface area contributed by atoms with Gasteiger partial charge in [0.25, 0.3) is 0 Å². The topological polar surface area (TPSA) is 20.3 Å². The van der Waals surface area contributed by atoms with Gasteiger partial charge in [0.05, 0.1) is 0 Å². The number of aldehydes is 1. The van der Waals surface area contributed by atoms with Crippen LogP contribution in [0.15, 0.2) is 30.3 Å². The summed E-state index contributed by atoms with van der Waals surface area (Å²) in [7, 11) is 0. The summed E-state index contributed by atoms with van der Waals surface area (Å²) in [6, 6.07) is 11.0. The van der Waals surface area contributed by atoms with Crippen molar-refractivity contribution >= 4 is 6.29 Å². The van der Waals surface area contributed by atoms with Crippen molar-refractivity contribution in [2.75, 3.05) is 6.54 Å². The normalized spacial score (nSPS) is 26.2. The molecule has 0 heterocycles. The Labute approximate surface area is 129 Å². The minimum atomic E-state index is -0.119. The fraction of sp³-hybridized carbons (Fsp3) is 0.632. The van der Waals surface area contributed by atoms with Gasteiger partial charge >= 0.3 is 0 Å². The Balaban J connectivity index is 2.06. The largest absolute Gasteiger partial charge is 0.303 e. The van der Waals surface area contributed by atoms with Crippen LogP contribution < -0.4 is 0 Å². The van der Waals surface area contributed by atoms with Gasteiger partial charge in [-0.3, -0.25) is 4.90 Å². The highest BCUT2D eigenvalue weighted by Crippen LogP contribution is 2.38. The fourth-order valence-corrected chi connectivity index (χ4v) is 3.29. The maximum Gasteiger partial charge on any atom is 0.127 e. The molecule has 1 aromatic carbocycles. The second kappa shape index (κ2) is 7.22. The highest BCUT2D eigenvalue weighted by Gasteiger charge is 2.36. The van der Waals surface area contributed by atoms with E-state index in [4.69, 9.17) is 0 Å². The van der Waals surface area contributed by atoms with Gasteiger partial charge in [-0.2, -0.15) is 0 Å². The van der Waals surface area contributed by atoms with Crippen LogP contribution in [0.5, 0.6) is 0 Å². The highest BCUT2D eigenvalue weighted by molar-refractivity contribution is 5.60. The molecule has 1 fully saturated rings. The molecule has 0 aliphatic heterocycles.